The van der Waals surface area contributed by atoms with E-state index in [1.54, 1.807) is 34.6 Å². The fourth-order valence-electron chi connectivity index (χ4n) is 9.25. The zero-order valence-electron chi connectivity index (χ0n) is 34.0. The van der Waals surface area contributed by atoms with Crippen LogP contribution in [0.1, 0.15) is 94.9 Å². The third kappa shape index (κ3) is 9.00. The molecule has 4 saturated heterocycles. The van der Waals surface area contributed by atoms with Crippen molar-refractivity contribution in [1.29, 1.82) is 0 Å². The topological polar surface area (TPSA) is 198 Å². The molecule has 0 aromatic carbocycles. The van der Waals surface area contributed by atoms with E-state index in [1.165, 1.54) is 7.11 Å². The van der Waals surface area contributed by atoms with Crippen LogP contribution >= 0.6 is 0 Å². The predicted molar refractivity (Wildman–Crippen MR) is 192 cm³/mol. The van der Waals surface area contributed by atoms with Crippen molar-refractivity contribution >= 4 is 12.1 Å². The molecule has 0 aromatic rings. The molecule has 4 fully saturated rings. The average Bonchev–Trinajstić information content (AvgIpc) is 3.40. The van der Waals surface area contributed by atoms with E-state index in [0.29, 0.717) is 12.8 Å². The molecule has 15 nitrogen and oxygen atoms in total. The molecule has 0 saturated carbocycles. The summed E-state index contributed by atoms with van der Waals surface area (Å²) in [5, 5.41) is 35.1. The van der Waals surface area contributed by atoms with E-state index in [1.807, 2.05) is 53.6 Å². The van der Waals surface area contributed by atoms with Crippen molar-refractivity contribution in [1.82, 2.24) is 4.90 Å². The van der Waals surface area contributed by atoms with Crippen molar-refractivity contribution in [3.63, 3.8) is 0 Å². The second kappa shape index (κ2) is 16.8. The quantitative estimate of drug-likeness (QED) is 0.276. The molecule has 4 heterocycles. The van der Waals surface area contributed by atoms with Crippen LogP contribution in [0.15, 0.2) is 0 Å². The van der Waals surface area contributed by atoms with Gasteiger partial charge >= 0.3 is 12.1 Å². The minimum absolute atomic E-state index is 0.120. The van der Waals surface area contributed by atoms with Gasteiger partial charge in [-0.25, -0.2) is 4.79 Å². The van der Waals surface area contributed by atoms with Crippen LogP contribution in [0.25, 0.3) is 0 Å². The molecule has 0 radical (unpaired) electrons. The minimum atomic E-state index is -1.64. The van der Waals surface area contributed by atoms with Gasteiger partial charge < -0.3 is 63.8 Å². The molecule has 1 unspecified atom stereocenters. The number of nitrogens with zero attached hydrogens (tertiary/aromatic N) is 1. The molecule has 308 valence electrons. The van der Waals surface area contributed by atoms with Crippen LogP contribution < -0.4 is 5.73 Å². The highest BCUT2D eigenvalue weighted by atomic mass is 16.8. The first-order valence-electron chi connectivity index (χ1n) is 19.3. The summed E-state index contributed by atoms with van der Waals surface area (Å²) in [5.74, 6) is -3.24. The smallest absolute Gasteiger partial charge is 0.458 e. The zero-order valence-corrected chi connectivity index (χ0v) is 34.0. The Bertz CT molecular complexity index is 1260. The summed E-state index contributed by atoms with van der Waals surface area (Å²) in [6, 6.07) is -0.896. The summed E-state index contributed by atoms with van der Waals surface area (Å²) >= 11 is 0. The van der Waals surface area contributed by atoms with E-state index in [-0.39, 0.29) is 30.9 Å². The predicted octanol–water partition coefficient (Wildman–Crippen LogP) is 2.73. The van der Waals surface area contributed by atoms with Crippen LogP contribution in [0, 0.1) is 23.7 Å². The Morgan fingerprint density at radius 1 is 0.943 bits per heavy atom. The number of fused-ring (bicyclic) bond motifs is 1. The lowest BCUT2D eigenvalue weighted by atomic mass is 9.72. The maximum atomic E-state index is 14.3. The number of ether oxygens (including phenoxy) is 8. The second-order valence-electron chi connectivity index (χ2n) is 17.2. The summed E-state index contributed by atoms with van der Waals surface area (Å²) in [7, 11) is 5.26. The molecule has 19 atom stereocenters. The number of carbonyl (C=O) groups excluding carboxylic acids is 2. The molecule has 4 aliphatic heterocycles. The summed E-state index contributed by atoms with van der Waals surface area (Å²) in [4.78, 5) is 29.0. The van der Waals surface area contributed by atoms with Crippen LogP contribution in [0.4, 0.5) is 4.79 Å². The molecule has 53 heavy (non-hydrogen) atoms. The van der Waals surface area contributed by atoms with E-state index in [4.69, 9.17) is 43.6 Å². The van der Waals surface area contributed by atoms with Gasteiger partial charge in [-0.05, 0) is 80.8 Å². The van der Waals surface area contributed by atoms with Crippen molar-refractivity contribution in [2.45, 2.75) is 185 Å². The first-order chi connectivity index (χ1) is 24.5. The molecular formula is C38H68N2O13. The molecular weight excluding hydrogens is 692 g/mol. The number of rotatable bonds is 7. The lowest BCUT2D eigenvalue weighted by Gasteiger charge is -2.49. The van der Waals surface area contributed by atoms with Crippen molar-refractivity contribution < 1.29 is 62.8 Å². The number of aliphatic hydroxyl groups excluding tert-OH is 2. The first-order valence-corrected chi connectivity index (χ1v) is 19.3. The number of hydrogen-bond donors (Lipinski definition) is 4. The minimum Gasteiger partial charge on any atom is -0.458 e. The van der Waals surface area contributed by atoms with Gasteiger partial charge in [0.25, 0.3) is 0 Å². The van der Waals surface area contributed by atoms with Crippen LogP contribution in [0.2, 0.25) is 0 Å². The number of cyclic esters (lactones) is 1. The molecule has 0 bridgehead atoms. The van der Waals surface area contributed by atoms with Crippen molar-refractivity contribution in [3.05, 3.63) is 0 Å². The van der Waals surface area contributed by atoms with E-state index >= 15 is 0 Å². The Balaban J connectivity index is 1.84. The maximum absolute atomic E-state index is 14.3. The van der Waals surface area contributed by atoms with Crippen LogP contribution in [0.3, 0.4) is 0 Å². The maximum Gasteiger partial charge on any atom is 0.509 e. The lowest BCUT2D eigenvalue weighted by molar-refractivity contribution is -0.318. The number of carbonyl (C=O) groups is 2. The molecule has 5 N–H and O–H groups in total. The lowest BCUT2D eigenvalue weighted by Crippen LogP contribution is -2.61. The number of esters is 1. The van der Waals surface area contributed by atoms with Gasteiger partial charge in [-0.15, -0.1) is 0 Å². The van der Waals surface area contributed by atoms with Crippen LogP contribution in [-0.4, -0.2) is 144 Å². The van der Waals surface area contributed by atoms with Crippen molar-refractivity contribution in [3.8, 4) is 0 Å². The number of aliphatic hydroxyl groups is 3. The summed E-state index contributed by atoms with van der Waals surface area (Å²) in [6.07, 6.45) is -8.68. The Kier molecular flexibility index (Phi) is 14.0. The number of likely N-dealkylation sites (N-methyl/N-ethyl adjacent to an activating group) is 1. The Hall–Kier alpha value is -1.66. The normalized spacial score (nSPS) is 50.5. The van der Waals surface area contributed by atoms with Gasteiger partial charge in [0.05, 0.1) is 41.5 Å². The van der Waals surface area contributed by atoms with Gasteiger partial charge in [-0.2, -0.15) is 0 Å². The van der Waals surface area contributed by atoms with Gasteiger partial charge in [0, 0.05) is 37.5 Å². The highest BCUT2D eigenvalue weighted by molar-refractivity contribution is 5.73. The largest absolute Gasteiger partial charge is 0.509 e. The van der Waals surface area contributed by atoms with E-state index < -0.39 is 108 Å². The number of nitrogens with two attached hydrogens (primary N) is 1. The molecule has 0 aromatic heterocycles. The second-order valence-corrected chi connectivity index (χ2v) is 17.2. The molecule has 0 aliphatic carbocycles. The van der Waals surface area contributed by atoms with Gasteiger partial charge in [0.15, 0.2) is 24.3 Å². The Morgan fingerprint density at radius 2 is 1.58 bits per heavy atom. The van der Waals surface area contributed by atoms with Crippen LogP contribution in [-0.2, 0) is 42.7 Å². The fraction of sp³-hybridized carbons (Fsp3) is 0.947. The van der Waals surface area contributed by atoms with E-state index in [9.17, 15) is 24.9 Å². The zero-order chi connectivity index (χ0) is 40.0. The molecule has 15 heteroatoms. The SMILES string of the molecule is CC[C@H]1OC(=O)[C@H](C)[C@@H](O[C@H]2C[C@@](C)(OC)[C@@H](O)[C@H](C)O2)[C@H](C)[C@@H](O[C@@H]2O[C@H](C)C[C@H](N(C)C)[C@H]2O)[C@](C)(O)C[C@@H](C)C(N)[C@H](C)[C@H]2OC(=O)O[C@@]21C. The first kappa shape index (κ1) is 44.1. The van der Waals surface area contributed by atoms with Gasteiger partial charge in [-0.1, -0.05) is 27.7 Å². The van der Waals surface area contributed by atoms with E-state index in [0.717, 1.165) is 0 Å². The third-order valence-corrected chi connectivity index (χ3v) is 12.7. The number of hydrogen-bond acceptors (Lipinski definition) is 15. The van der Waals surface area contributed by atoms with Crippen LogP contribution in [0.5, 0.6) is 0 Å². The average molecular weight is 761 g/mol. The highest BCUT2D eigenvalue weighted by Gasteiger charge is 2.59. The monoisotopic (exact) mass is 760 g/mol. The number of methoxy groups -OCH3 is 1. The summed E-state index contributed by atoms with van der Waals surface area (Å²) in [5.41, 5.74) is 2.89. The van der Waals surface area contributed by atoms with Gasteiger partial charge in [0.2, 0.25) is 0 Å². The highest BCUT2D eigenvalue weighted by Crippen LogP contribution is 2.43. The fourth-order valence-corrected chi connectivity index (χ4v) is 9.25. The standard InChI is InChI=1S/C38H68N2O13/c1-14-25-38(10)32(52-35(44)53-38)20(4)27(39)18(2)16-36(8,45)31(51-34-28(41)24(40(11)12)15-19(3)47-34)21(5)29(22(6)33(43)49-25)50-26-17-37(9,46-13)30(42)23(7)48-26/h18-32,34,41-42,45H,14-17,39H2,1-13H3/t18-,19-,20+,21+,22-,23+,24+,25-,26+,27?,28-,29+,30+,31-,32-,34+,36-,37-,38-/m1/s1. The van der Waals surface area contributed by atoms with Gasteiger partial charge in [0.1, 0.15) is 18.3 Å². The molecule has 4 aliphatic rings. The summed E-state index contributed by atoms with van der Waals surface area (Å²) in [6.45, 7) is 17.8. The molecule has 4 rings (SSSR count). The summed E-state index contributed by atoms with van der Waals surface area (Å²) < 4.78 is 49.3. The third-order valence-electron chi connectivity index (χ3n) is 12.7. The van der Waals surface area contributed by atoms with Crippen molar-refractivity contribution in [2.24, 2.45) is 29.4 Å². The van der Waals surface area contributed by atoms with E-state index in [2.05, 4.69) is 0 Å². The molecule has 0 amide bonds. The Morgan fingerprint density at radius 3 is 2.17 bits per heavy atom. The van der Waals surface area contributed by atoms with Crippen molar-refractivity contribution in [2.75, 3.05) is 21.2 Å². The Labute approximate surface area is 315 Å². The molecule has 0 spiro atoms. The van der Waals surface area contributed by atoms with Gasteiger partial charge in [-0.3, -0.25) is 4.79 Å².